The maximum Gasteiger partial charge on any atom is 0.0719 e. The van der Waals surface area contributed by atoms with Crippen LogP contribution in [0.15, 0.2) is 145 Å². The Morgan fingerprint density at radius 1 is 0.649 bits per heavy atom. The molecule has 1 nitrogen and oxygen atoms in total. The van der Waals surface area contributed by atoms with Crippen LogP contribution in [0.25, 0.3) is 27.5 Å². The molecule has 0 bridgehead atoms. The van der Waals surface area contributed by atoms with Crippen molar-refractivity contribution in [3.8, 4) is 11.1 Å². The maximum absolute atomic E-state index is 4.76. The summed E-state index contributed by atoms with van der Waals surface area (Å²) >= 11 is 0. The summed E-state index contributed by atoms with van der Waals surface area (Å²) < 4.78 is 0. The molecule has 1 N–H and O–H groups in total. The summed E-state index contributed by atoms with van der Waals surface area (Å²) in [6.45, 7) is 6.88. The van der Waals surface area contributed by atoms with Gasteiger partial charge in [-0.2, -0.15) is 0 Å². The van der Waals surface area contributed by atoms with Gasteiger partial charge < -0.3 is 5.32 Å². The molecule has 37 heavy (non-hydrogen) atoms. The Bertz CT molecular complexity index is 1740. The monoisotopic (exact) mass is 473 g/mol. The minimum absolute atomic E-state index is 0.358. The minimum Gasteiger partial charge on any atom is -0.359 e. The number of allylic oxidation sites excluding steroid dienone is 5. The number of rotatable bonds is 3. The summed E-state index contributed by atoms with van der Waals surface area (Å²) in [5.41, 5.74) is 12.0. The van der Waals surface area contributed by atoms with Gasteiger partial charge in [0.1, 0.15) is 0 Å². The lowest BCUT2D eigenvalue weighted by atomic mass is 9.71. The van der Waals surface area contributed by atoms with Gasteiger partial charge in [0.2, 0.25) is 0 Å². The fraction of sp³-hybridized carbons (Fsp3) is 0.0556. The normalized spacial score (nSPS) is 16.2. The van der Waals surface area contributed by atoms with Gasteiger partial charge >= 0.3 is 0 Å². The zero-order valence-corrected chi connectivity index (χ0v) is 20.8. The van der Waals surface area contributed by atoms with Crippen molar-refractivity contribution in [1.29, 1.82) is 0 Å². The van der Waals surface area contributed by atoms with E-state index in [0.29, 0.717) is 0 Å². The fourth-order valence-electron chi connectivity index (χ4n) is 6.36. The molecule has 0 aromatic heterocycles. The molecule has 0 unspecified atom stereocenters. The molecule has 0 aliphatic heterocycles. The summed E-state index contributed by atoms with van der Waals surface area (Å²) in [5, 5.41) is 6.06. The molecular weight excluding hydrogens is 446 g/mol. The van der Waals surface area contributed by atoms with Crippen LogP contribution < -0.4 is 5.32 Å². The van der Waals surface area contributed by atoms with Gasteiger partial charge in [-0.1, -0.05) is 116 Å². The van der Waals surface area contributed by atoms with Gasteiger partial charge in [-0.3, -0.25) is 0 Å². The summed E-state index contributed by atoms with van der Waals surface area (Å²) in [6.07, 6.45) is 4.42. The second-order valence-electron chi connectivity index (χ2n) is 9.98. The van der Waals surface area contributed by atoms with Crippen LogP contribution in [0.3, 0.4) is 0 Å². The Morgan fingerprint density at radius 2 is 1.19 bits per heavy atom. The zero-order chi connectivity index (χ0) is 25.0. The molecule has 2 aliphatic carbocycles. The summed E-state index contributed by atoms with van der Waals surface area (Å²) in [5.74, 6) is 0. The van der Waals surface area contributed by atoms with Crippen molar-refractivity contribution in [3.05, 3.63) is 168 Å². The SMILES string of the molecule is C=C1/C(=C\C=C(/C)Nc2ccc3ccccc3c2)c2ccccc2C12c1ccccc1-c1ccccc12. The Morgan fingerprint density at radius 3 is 1.86 bits per heavy atom. The molecule has 176 valence electrons. The molecule has 5 aromatic rings. The molecule has 0 amide bonds. The molecule has 5 aromatic carbocycles. The lowest BCUT2D eigenvalue weighted by Crippen LogP contribution is -2.25. The van der Waals surface area contributed by atoms with Crippen LogP contribution in [-0.4, -0.2) is 0 Å². The highest BCUT2D eigenvalue weighted by molar-refractivity contribution is 5.99. The molecule has 7 rings (SSSR count). The quantitative estimate of drug-likeness (QED) is 0.275. The lowest BCUT2D eigenvalue weighted by Gasteiger charge is -2.30. The van der Waals surface area contributed by atoms with Crippen molar-refractivity contribution >= 4 is 22.0 Å². The van der Waals surface area contributed by atoms with E-state index in [1.54, 1.807) is 0 Å². The van der Waals surface area contributed by atoms with Gasteiger partial charge in [0, 0.05) is 11.4 Å². The number of hydrogen-bond acceptors (Lipinski definition) is 1. The first-order chi connectivity index (χ1) is 18.2. The summed E-state index contributed by atoms with van der Waals surface area (Å²) in [4.78, 5) is 0. The topological polar surface area (TPSA) is 12.0 Å². The van der Waals surface area contributed by atoms with Gasteiger partial charge in [0.05, 0.1) is 5.41 Å². The molecule has 0 saturated carbocycles. The van der Waals surface area contributed by atoms with Gasteiger partial charge in [-0.05, 0) is 80.4 Å². The van der Waals surface area contributed by atoms with E-state index in [2.05, 4.69) is 140 Å². The number of fused-ring (bicyclic) bond motifs is 8. The van der Waals surface area contributed by atoms with Gasteiger partial charge in [0.25, 0.3) is 0 Å². The second kappa shape index (κ2) is 8.21. The van der Waals surface area contributed by atoms with Crippen LogP contribution in [0.2, 0.25) is 0 Å². The largest absolute Gasteiger partial charge is 0.359 e. The second-order valence-corrected chi connectivity index (χ2v) is 9.98. The Kier molecular flexibility index (Phi) is 4.81. The third-order valence-corrected chi connectivity index (χ3v) is 7.94. The van der Waals surface area contributed by atoms with Crippen molar-refractivity contribution in [2.24, 2.45) is 0 Å². The first kappa shape index (κ1) is 21.6. The van der Waals surface area contributed by atoms with Crippen LogP contribution in [-0.2, 0) is 5.41 Å². The van der Waals surface area contributed by atoms with Crippen LogP contribution in [0.5, 0.6) is 0 Å². The van der Waals surface area contributed by atoms with Crippen molar-refractivity contribution in [1.82, 2.24) is 0 Å². The molecule has 1 heteroatoms. The van der Waals surface area contributed by atoms with E-state index in [0.717, 1.165) is 17.0 Å². The number of benzene rings is 5. The fourth-order valence-corrected chi connectivity index (χ4v) is 6.36. The summed E-state index contributed by atoms with van der Waals surface area (Å²) in [6, 6.07) is 41.4. The average Bonchev–Trinajstić information content (AvgIpc) is 3.38. The van der Waals surface area contributed by atoms with E-state index >= 15 is 0 Å². The Balaban J connectivity index is 1.33. The van der Waals surface area contributed by atoms with Crippen LogP contribution in [0, 0.1) is 0 Å². The molecule has 0 radical (unpaired) electrons. The highest BCUT2D eigenvalue weighted by Crippen LogP contribution is 2.62. The molecule has 0 heterocycles. The van der Waals surface area contributed by atoms with Crippen molar-refractivity contribution in [2.75, 3.05) is 5.32 Å². The molecule has 0 atom stereocenters. The predicted octanol–water partition coefficient (Wildman–Crippen LogP) is 9.12. The molecule has 0 saturated heterocycles. The van der Waals surface area contributed by atoms with E-state index in [4.69, 9.17) is 6.58 Å². The number of hydrogen-bond donors (Lipinski definition) is 1. The first-order valence-electron chi connectivity index (χ1n) is 12.8. The van der Waals surface area contributed by atoms with E-state index in [9.17, 15) is 0 Å². The van der Waals surface area contributed by atoms with Crippen LogP contribution in [0.4, 0.5) is 5.69 Å². The number of anilines is 1. The highest BCUT2D eigenvalue weighted by atomic mass is 14.9. The average molecular weight is 474 g/mol. The zero-order valence-electron chi connectivity index (χ0n) is 20.8. The maximum atomic E-state index is 4.76. The molecular formula is C36H27N. The van der Waals surface area contributed by atoms with E-state index in [1.165, 1.54) is 49.7 Å². The van der Waals surface area contributed by atoms with E-state index in [-0.39, 0.29) is 5.41 Å². The van der Waals surface area contributed by atoms with Crippen LogP contribution in [0.1, 0.15) is 29.2 Å². The van der Waals surface area contributed by atoms with Gasteiger partial charge in [-0.15, -0.1) is 0 Å². The third kappa shape index (κ3) is 3.11. The van der Waals surface area contributed by atoms with Gasteiger partial charge in [-0.25, -0.2) is 0 Å². The van der Waals surface area contributed by atoms with Crippen molar-refractivity contribution in [2.45, 2.75) is 12.3 Å². The standard InChI is InChI=1S/C36H27N/c1-24(37-28-21-20-26-11-3-4-12-27(26)23-28)19-22-29-25(2)36(33-16-8-5-13-30(29)33)34-17-9-6-14-31(34)32-15-7-10-18-35(32)36/h3-23,37H,2H2,1H3/b24-19+,29-22+. The van der Waals surface area contributed by atoms with Crippen LogP contribution >= 0.6 is 0 Å². The molecule has 0 fully saturated rings. The predicted molar refractivity (Wildman–Crippen MR) is 157 cm³/mol. The van der Waals surface area contributed by atoms with Crippen molar-refractivity contribution in [3.63, 3.8) is 0 Å². The smallest absolute Gasteiger partial charge is 0.0719 e. The third-order valence-electron chi connectivity index (χ3n) is 7.94. The minimum atomic E-state index is -0.358. The Labute approximate surface area is 218 Å². The van der Waals surface area contributed by atoms with Gasteiger partial charge in [0.15, 0.2) is 0 Å². The molecule has 2 aliphatic rings. The highest BCUT2D eigenvalue weighted by Gasteiger charge is 2.52. The number of nitrogens with one attached hydrogen (secondary N) is 1. The lowest BCUT2D eigenvalue weighted by molar-refractivity contribution is 0.797. The first-order valence-corrected chi connectivity index (χ1v) is 12.8. The Hall–Kier alpha value is -4.62. The molecule has 1 spiro atoms. The summed E-state index contributed by atoms with van der Waals surface area (Å²) in [7, 11) is 0. The van der Waals surface area contributed by atoms with E-state index in [1.807, 2.05) is 0 Å². The van der Waals surface area contributed by atoms with Crippen molar-refractivity contribution < 1.29 is 0 Å². The van der Waals surface area contributed by atoms with E-state index < -0.39 is 0 Å².